The van der Waals surface area contributed by atoms with Crippen molar-refractivity contribution in [2.75, 3.05) is 26.7 Å². The Balaban J connectivity index is 3.09. The van der Waals surface area contributed by atoms with Crippen LogP contribution in [0.3, 0.4) is 0 Å². The zero-order valence-electron chi connectivity index (χ0n) is 8.47. The van der Waals surface area contributed by atoms with Crippen LogP contribution >= 0.6 is 27.5 Å². The van der Waals surface area contributed by atoms with Gasteiger partial charge in [0.1, 0.15) is 6.61 Å². The van der Waals surface area contributed by atoms with Gasteiger partial charge in [-0.25, -0.2) is 0 Å². The molecule has 1 radical (unpaired) electrons. The molecule has 0 unspecified atom stereocenters. The third kappa shape index (κ3) is 2.92. The fraction of sp³-hybridized carbons (Fsp3) is 0.400. The van der Waals surface area contributed by atoms with E-state index in [0.717, 1.165) is 0 Å². The molecule has 0 bridgehead atoms. The van der Waals surface area contributed by atoms with Crippen LogP contribution in [0.25, 0.3) is 0 Å². The Bertz CT molecular complexity index is 331. The summed E-state index contributed by atoms with van der Waals surface area (Å²) >= 11 is 8.87. The van der Waals surface area contributed by atoms with Gasteiger partial charge in [0.2, 0.25) is 5.75 Å². The lowest BCUT2D eigenvalue weighted by molar-refractivity contribution is 0.289. The monoisotopic (exact) mass is 293 g/mol. The van der Waals surface area contributed by atoms with Gasteiger partial charge in [0, 0.05) is 6.07 Å². The van der Waals surface area contributed by atoms with Crippen LogP contribution < -0.4 is 14.2 Å². The third-order valence-corrected chi connectivity index (χ3v) is 2.45. The zero-order chi connectivity index (χ0) is 11.3. The number of methoxy groups -OCH3 is 2. The molecule has 0 aliphatic rings. The lowest BCUT2D eigenvalue weighted by atomic mass is 10.3. The second-order valence-corrected chi connectivity index (χ2v) is 3.74. The number of hydrogen-bond donors (Lipinski definition) is 0. The molecule has 3 nitrogen and oxygen atoms in total. The fourth-order valence-corrected chi connectivity index (χ4v) is 1.62. The maximum Gasteiger partial charge on any atom is 0.204 e. The van der Waals surface area contributed by atoms with Crippen LogP contribution in [0.2, 0.25) is 0 Å². The quantitative estimate of drug-likeness (QED) is 0.782. The lowest BCUT2D eigenvalue weighted by Gasteiger charge is -2.14. The van der Waals surface area contributed by atoms with Crippen LogP contribution in [0.4, 0.5) is 0 Å². The minimum atomic E-state index is 0.394. The molecule has 0 saturated heterocycles. The van der Waals surface area contributed by atoms with E-state index in [-0.39, 0.29) is 0 Å². The highest BCUT2D eigenvalue weighted by Crippen LogP contribution is 2.42. The summed E-state index contributed by atoms with van der Waals surface area (Å²) in [7, 11) is 3.12. The van der Waals surface area contributed by atoms with Crippen molar-refractivity contribution in [1.82, 2.24) is 0 Å². The summed E-state index contributed by atoms with van der Waals surface area (Å²) in [6.07, 6.45) is 0. The highest BCUT2D eigenvalue weighted by molar-refractivity contribution is 9.10. The van der Waals surface area contributed by atoms with Gasteiger partial charge in [-0.15, -0.1) is 11.6 Å². The number of hydrogen-bond acceptors (Lipinski definition) is 3. The number of ether oxygens (including phenoxy) is 3. The maximum atomic E-state index is 5.56. The van der Waals surface area contributed by atoms with Crippen molar-refractivity contribution in [3.8, 4) is 17.2 Å². The van der Waals surface area contributed by atoms with E-state index in [2.05, 4.69) is 22.0 Å². The van der Waals surface area contributed by atoms with Gasteiger partial charge >= 0.3 is 0 Å². The second kappa shape index (κ2) is 6.08. The standard InChI is InChI=1S/C10H11BrClO3/c1-13-8-4-3-7(11)9(14-2)10(8)15-6-5-12/h4H,5-6H2,1-2H3. The minimum absolute atomic E-state index is 0.394. The molecule has 0 saturated carbocycles. The van der Waals surface area contributed by atoms with Crippen molar-refractivity contribution < 1.29 is 14.2 Å². The van der Waals surface area contributed by atoms with Crippen LogP contribution in [0.15, 0.2) is 10.5 Å². The first-order valence-electron chi connectivity index (χ1n) is 4.25. The Morgan fingerprint density at radius 2 is 2.07 bits per heavy atom. The van der Waals surface area contributed by atoms with E-state index in [1.807, 2.05) is 0 Å². The van der Waals surface area contributed by atoms with Gasteiger partial charge in [-0.3, -0.25) is 0 Å². The first-order chi connectivity index (χ1) is 7.24. The van der Waals surface area contributed by atoms with E-state index >= 15 is 0 Å². The van der Waals surface area contributed by atoms with E-state index in [0.29, 0.717) is 34.2 Å². The number of halogens is 2. The molecule has 0 spiro atoms. The largest absolute Gasteiger partial charge is 0.493 e. The van der Waals surface area contributed by atoms with Crippen molar-refractivity contribution in [1.29, 1.82) is 0 Å². The average Bonchev–Trinajstić information content (AvgIpc) is 2.26. The zero-order valence-corrected chi connectivity index (χ0v) is 10.8. The summed E-state index contributed by atoms with van der Waals surface area (Å²) in [4.78, 5) is 0. The van der Waals surface area contributed by atoms with Gasteiger partial charge in [0.25, 0.3) is 0 Å². The number of alkyl halides is 1. The normalized spacial score (nSPS) is 9.87. The summed E-state index contributed by atoms with van der Waals surface area (Å²) in [5.74, 6) is 2.06. The molecule has 1 rings (SSSR count). The molecular formula is C10H11BrClO3. The van der Waals surface area contributed by atoms with Crippen LogP contribution in [0.1, 0.15) is 0 Å². The molecule has 5 heteroatoms. The predicted octanol–water partition coefficient (Wildman–Crippen LogP) is 2.88. The Hall–Kier alpha value is -0.610. The predicted molar refractivity (Wildman–Crippen MR) is 62.3 cm³/mol. The summed E-state index contributed by atoms with van der Waals surface area (Å²) in [6, 6.07) is 4.62. The highest BCUT2D eigenvalue weighted by atomic mass is 79.9. The van der Waals surface area contributed by atoms with E-state index in [1.54, 1.807) is 20.3 Å². The topological polar surface area (TPSA) is 27.7 Å². The molecule has 0 amide bonds. The molecule has 1 aromatic rings. The minimum Gasteiger partial charge on any atom is -0.493 e. The maximum absolute atomic E-state index is 5.56. The van der Waals surface area contributed by atoms with E-state index in [1.165, 1.54) is 0 Å². The first kappa shape index (κ1) is 12.5. The molecule has 0 aromatic heterocycles. The van der Waals surface area contributed by atoms with Gasteiger partial charge < -0.3 is 14.2 Å². The molecular weight excluding hydrogens is 283 g/mol. The van der Waals surface area contributed by atoms with Gasteiger partial charge in [-0.1, -0.05) is 0 Å². The van der Waals surface area contributed by atoms with Crippen LogP contribution in [0, 0.1) is 6.07 Å². The molecule has 0 heterocycles. The molecule has 0 atom stereocenters. The summed E-state index contributed by atoms with van der Waals surface area (Å²) in [6.45, 7) is 0.394. The smallest absolute Gasteiger partial charge is 0.204 e. The van der Waals surface area contributed by atoms with Gasteiger partial charge in [0.15, 0.2) is 11.5 Å². The molecule has 0 fully saturated rings. The number of rotatable bonds is 5. The molecule has 0 aliphatic heterocycles. The summed E-state index contributed by atoms with van der Waals surface area (Å²) < 4.78 is 16.5. The Morgan fingerprint density at radius 3 is 2.60 bits per heavy atom. The fourth-order valence-electron chi connectivity index (χ4n) is 1.08. The van der Waals surface area contributed by atoms with Crippen LogP contribution in [-0.4, -0.2) is 26.7 Å². The Morgan fingerprint density at radius 1 is 1.33 bits per heavy atom. The van der Waals surface area contributed by atoms with E-state index in [9.17, 15) is 0 Å². The Labute approximate surface area is 102 Å². The van der Waals surface area contributed by atoms with Crippen molar-refractivity contribution in [2.45, 2.75) is 0 Å². The number of benzene rings is 1. The van der Waals surface area contributed by atoms with Crippen molar-refractivity contribution in [3.63, 3.8) is 0 Å². The van der Waals surface area contributed by atoms with E-state index < -0.39 is 0 Å². The molecule has 0 N–H and O–H groups in total. The van der Waals surface area contributed by atoms with Gasteiger partial charge in [-0.05, 0) is 22.0 Å². The van der Waals surface area contributed by atoms with Crippen LogP contribution in [-0.2, 0) is 0 Å². The molecule has 1 aromatic carbocycles. The molecule has 15 heavy (non-hydrogen) atoms. The van der Waals surface area contributed by atoms with Crippen LogP contribution in [0.5, 0.6) is 17.2 Å². The Kier molecular flexibility index (Phi) is 5.05. The SMILES string of the molecule is COc1c[c]c(Br)c(OC)c1OCCCl. The second-order valence-electron chi connectivity index (χ2n) is 2.57. The third-order valence-electron chi connectivity index (χ3n) is 1.71. The summed E-state index contributed by atoms with van der Waals surface area (Å²) in [5, 5.41) is 0. The van der Waals surface area contributed by atoms with Gasteiger partial charge in [0.05, 0.1) is 24.6 Å². The first-order valence-corrected chi connectivity index (χ1v) is 5.58. The van der Waals surface area contributed by atoms with Crippen molar-refractivity contribution in [3.05, 3.63) is 16.6 Å². The molecule has 83 valence electrons. The van der Waals surface area contributed by atoms with Crippen molar-refractivity contribution >= 4 is 27.5 Å². The summed E-state index contributed by atoms with van der Waals surface area (Å²) in [5.41, 5.74) is 0. The van der Waals surface area contributed by atoms with Crippen molar-refractivity contribution in [2.24, 2.45) is 0 Å². The average molecular weight is 295 g/mol. The van der Waals surface area contributed by atoms with Gasteiger partial charge in [-0.2, -0.15) is 0 Å². The van der Waals surface area contributed by atoms with E-state index in [4.69, 9.17) is 25.8 Å². The highest BCUT2D eigenvalue weighted by Gasteiger charge is 2.15. The molecule has 0 aliphatic carbocycles. The lowest BCUT2D eigenvalue weighted by Crippen LogP contribution is -2.02.